The Balaban J connectivity index is 2.41. The SMILES string of the molecule is O=C(O)[C@]1(c2ccccc2)CC[C@@H](O)C1. The van der Waals surface area contributed by atoms with E-state index in [1.54, 1.807) is 0 Å². The average Bonchev–Trinajstić information content (AvgIpc) is 2.63. The molecule has 0 amide bonds. The van der Waals surface area contributed by atoms with Crippen molar-refractivity contribution in [3.63, 3.8) is 0 Å². The van der Waals surface area contributed by atoms with Crippen molar-refractivity contribution >= 4 is 5.97 Å². The second-order valence-corrected chi connectivity index (χ2v) is 4.15. The van der Waals surface area contributed by atoms with Crippen molar-refractivity contribution in [2.75, 3.05) is 0 Å². The van der Waals surface area contributed by atoms with E-state index in [2.05, 4.69) is 0 Å². The molecule has 0 saturated heterocycles. The van der Waals surface area contributed by atoms with Crippen LogP contribution in [0.1, 0.15) is 24.8 Å². The molecule has 0 bridgehead atoms. The Morgan fingerprint density at radius 1 is 1.33 bits per heavy atom. The largest absolute Gasteiger partial charge is 0.481 e. The van der Waals surface area contributed by atoms with Crippen molar-refractivity contribution in [1.82, 2.24) is 0 Å². The molecule has 0 heterocycles. The highest BCUT2D eigenvalue weighted by atomic mass is 16.4. The molecule has 1 aromatic rings. The number of aliphatic carboxylic acids is 1. The maximum Gasteiger partial charge on any atom is 0.314 e. The molecule has 0 aromatic heterocycles. The Hall–Kier alpha value is -1.35. The fraction of sp³-hybridized carbons (Fsp3) is 0.417. The van der Waals surface area contributed by atoms with Gasteiger partial charge in [-0.25, -0.2) is 0 Å². The van der Waals surface area contributed by atoms with Gasteiger partial charge in [0.25, 0.3) is 0 Å². The minimum absolute atomic E-state index is 0.326. The predicted octanol–water partition coefficient (Wildman–Crippen LogP) is 1.55. The smallest absolute Gasteiger partial charge is 0.314 e. The second-order valence-electron chi connectivity index (χ2n) is 4.15. The van der Waals surface area contributed by atoms with Gasteiger partial charge in [-0.1, -0.05) is 30.3 Å². The summed E-state index contributed by atoms with van der Waals surface area (Å²) < 4.78 is 0. The van der Waals surface area contributed by atoms with Crippen molar-refractivity contribution < 1.29 is 15.0 Å². The highest BCUT2D eigenvalue weighted by Gasteiger charge is 2.46. The third kappa shape index (κ3) is 1.63. The standard InChI is InChI=1S/C12H14O3/c13-10-6-7-12(8-10,11(14)15)9-4-2-1-3-5-9/h1-5,10,13H,6-8H2,(H,14,15)/t10-,12-/m1/s1. The summed E-state index contributed by atoms with van der Waals surface area (Å²) in [6, 6.07) is 9.19. The van der Waals surface area contributed by atoms with Gasteiger partial charge in [-0.15, -0.1) is 0 Å². The molecule has 1 aromatic carbocycles. The van der Waals surface area contributed by atoms with Gasteiger partial charge < -0.3 is 10.2 Å². The third-order valence-corrected chi connectivity index (χ3v) is 3.22. The van der Waals surface area contributed by atoms with Crippen molar-refractivity contribution in [3.8, 4) is 0 Å². The number of aliphatic hydroxyl groups excluding tert-OH is 1. The Bertz CT molecular complexity index is 360. The molecular formula is C12H14O3. The third-order valence-electron chi connectivity index (χ3n) is 3.22. The summed E-state index contributed by atoms with van der Waals surface area (Å²) in [5.41, 5.74) is -0.0743. The lowest BCUT2D eigenvalue weighted by Gasteiger charge is -2.24. The zero-order valence-electron chi connectivity index (χ0n) is 8.39. The first kappa shape index (κ1) is 10.2. The molecule has 0 radical (unpaired) electrons. The van der Waals surface area contributed by atoms with Gasteiger partial charge in [0.05, 0.1) is 11.5 Å². The van der Waals surface area contributed by atoms with Crippen LogP contribution in [0.5, 0.6) is 0 Å². The van der Waals surface area contributed by atoms with Crippen LogP contribution in [-0.4, -0.2) is 22.3 Å². The molecule has 0 spiro atoms. The molecule has 1 aliphatic carbocycles. The fourth-order valence-corrected chi connectivity index (χ4v) is 2.36. The minimum Gasteiger partial charge on any atom is -0.481 e. The lowest BCUT2D eigenvalue weighted by molar-refractivity contribution is -0.144. The number of carboxylic acid groups (broad SMARTS) is 1. The van der Waals surface area contributed by atoms with Gasteiger partial charge in [0.2, 0.25) is 0 Å². The van der Waals surface area contributed by atoms with Crippen molar-refractivity contribution in [2.45, 2.75) is 30.8 Å². The van der Waals surface area contributed by atoms with Crippen LogP contribution in [0, 0.1) is 0 Å². The van der Waals surface area contributed by atoms with E-state index < -0.39 is 17.5 Å². The number of carboxylic acids is 1. The maximum atomic E-state index is 11.4. The van der Waals surface area contributed by atoms with E-state index in [9.17, 15) is 15.0 Å². The second kappa shape index (κ2) is 3.66. The van der Waals surface area contributed by atoms with E-state index >= 15 is 0 Å². The van der Waals surface area contributed by atoms with E-state index in [1.807, 2.05) is 30.3 Å². The number of rotatable bonds is 2. The molecule has 15 heavy (non-hydrogen) atoms. The first-order valence-electron chi connectivity index (χ1n) is 5.12. The van der Waals surface area contributed by atoms with Crippen LogP contribution in [0.4, 0.5) is 0 Å². The normalized spacial score (nSPS) is 30.3. The Kier molecular flexibility index (Phi) is 2.49. The van der Waals surface area contributed by atoms with Gasteiger partial charge in [0, 0.05) is 0 Å². The quantitative estimate of drug-likeness (QED) is 0.772. The van der Waals surface area contributed by atoms with E-state index in [1.165, 1.54) is 0 Å². The summed E-state index contributed by atoms with van der Waals surface area (Å²) >= 11 is 0. The van der Waals surface area contributed by atoms with Gasteiger partial charge >= 0.3 is 5.97 Å². The molecule has 0 aliphatic heterocycles. The molecule has 3 heteroatoms. The van der Waals surface area contributed by atoms with Crippen LogP contribution in [0.15, 0.2) is 30.3 Å². The molecule has 0 unspecified atom stereocenters. The van der Waals surface area contributed by atoms with Gasteiger partial charge in [-0.05, 0) is 24.8 Å². The van der Waals surface area contributed by atoms with Crippen LogP contribution >= 0.6 is 0 Å². The molecule has 2 rings (SSSR count). The summed E-state index contributed by atoms with van der Waals surface area (Å²) in [4.78, 5) is 11.4. The average molecular weight is 206 g/mol. The number of hydrogen-bond donors (Lipinski definition) is 2. The maximum absolute atomic E-state index is 11.4. The first-order valence-corrected chi connectivity index (χ1v) is 5.12. The number of aliphatic hydroxyl groups is 1. The summed E-state index contributed by atoms with van der Waals surface area (Å²) in [5, 5.41) is 18.8. The fourth-order valence-electron chi connectivity index (χ4n) is 2.36. The summed E-state index contributed by atoms with van der Waals surface area (Å²) in [6.07, 6.45) is 0.933. The number of hydrogen-bond acceptors (Lipinski definition) is 2. The van der Waals surface area contributed by atoms with Crippen molar-refractivity contribution in [2.24, 2.45) is 0 Å². The molecular weight excluding hydrogens is 192 g/mol. The van der Waals surface area contributed by atoms with Gasteiger partial charge in [-0.3, -0.25) is 4.79 Å². The van der Waals surface area contributed by atoms with Gasteiger partial charge in [-0.2, -0.15) is 0 Å². The summed E-state index contributed by atoms with van der Waals surface area (Å²) in [7, 11) is 0. The molecule has 2 atom stereocenters. The summed E-state index contributed by atoms with van der Waals surface area (Å²) in [5.74, 6) is -0.828. The van der Waals surface area contributed by atoms with Gasteiger partial charge in [0.1, 0.15) is 0 Å². The molecule has 1 saturated carbocycles. The van der Waals surface area contributed by atoms with E-state index in [4.69, 9.17) is 0 Å². The van der Waals surface area contributed by atoms with Crippen molar-refractivity contribution in [3.05, 3.63) is 35.9 Å². The van der Waals surface area contributed by atoms with Crippen LogP contribution in [0.2, 0.25) is 0 Å². The van der Waals surface area contributed by atoms with Crippen molar-refractivity contribution in [1.29, 1.82) is 0 Å². The number of carbonyl (C=O) groups is 1. The number of benzene rings is 1. The molecule has 80 valence electrons. The predicted molar refractivity (Wildman–Crippen MR) is 55.6 cm³/mol. The molecule has 1 aliphatic rings. The van der Waals surface area contributed by atoms with E-state index in [0.717, 1.165) is 5.56 Å². The van der Waals surface area contributed by atoms with Crippen LogP contribution < -0.4 is 0 Å². The van der Waals surface area contributed by atoms with Gasteiger partial charge in [0.15, 0.2) is 0 Å². The highest BCUT2D eigenvalue weighted by Crippen LogP contribution is 2.41. The first-order chi connectivity index (χ1) is 7.15. The lowest BCUT2D eigenvalue weighted by Crippen LogP contribution is -2.33. The Labute approximate surface area is 88.4 Å². The topological polar surface area (TPSA) is 57.5 Å². The molecule has 3 nitrogen and oxygen atoms in total. The molecule has 2 N–H and O–H groups in total. The summed E-state index contributed by atoms with van der Waals surface area (Å²) in [6.45, 7) is 0. The zero-order valence-corrected chi connectivity index (χ0v) is 8.39. The highest BCUT2D eigenvalue weighted by molar-refractivity contribution is 5.82. The van der Waals surface area contributed by atoms with Crippen LogP contribution in [0.3, 0.4) is 0 Å². The van der Waals surface area contributed by atoms with E-state index in [-0.39, 0.29) is 0 Å². The zero-order chi connectivity index (χ0) is 10.9. The minimum atomic E-state index is -0.874. The van der Waals surface area contributed by atoms with Crippen LogP contribution in [-0.2, 0) is 10.2 Å². The Morgan fingerprint density at radius 3 is 2.47 bits per heavy atom. The Morgan fingerprint density at radius 2 is 2.00 bits per heavy atom. The van der Waals surface area contributed by atoms with Crippen LogP contribution in [0.25, 0.3) is 0 Å². The monoisotopic (exact) mass is 206 g/mol. The lowest BCUT2D eigenvalue weighted by atomic mass is 9.79. The van der Waals surface area contributed by atoms with E-state index in [0.29, 0.717) is 19.3 Å². The molecule has 1 fully saturated rings.